The minimum Gasteiger partial charge on any atom is -0.451 e. The number of rotatable bonds is 5. The standard InChI is InChI=1S/C18H15F2N3O5S/c1-10(18(25)22-16-12(19)6-4-7-13(16)20)28-15(24)9-21-17-11-5-2-3-8-14(11)29(26,27)23-17/h2-8,10H,9H2,1H3,(H,21,23)(H,22,25). The monoisotopic (exact) mass is 423 g/mol. The highest BCUT2D eigenvalue weighted by Crippen LogP contribution is 2.22. The molecule has 2 aromatic rings. The molecule has 0 spiro atoms. The number of halogens is 2. The number of nitrogens with one attached hydrogen (secondary N) is 2. The van der Waals surface area contributed by atoms with Crippen molar-refractivity contribution >= 4 is 33.4 Å². The summed E-state index contributed by atoms with van der Waals surface area (Å²) < 4.78 is 58.2. The Kier molecular flexibility index (Phi) is 5.59. The number of sulfonamides is 1. The van der Waals surface area contributed by atoms with Crippen LogP contribution in [0.25, 0.3) is 0 Å². The number of benzene rings is 2. The molecule has 1 aliphatic rings. The highest BCUT2D eigenvalue weighted by Gasteiger charge is 2.30. The largest absolute Gasteiger partial charge is 0.451 e. The first-order chi connectivity index (χ1) is 13.7. The molecule has 3 rings (SSSR count). The van der Waals surface area contributed by atoms with E-state index in [-0.39, 0.29) is 10.7 Å². The van der Waals surface area contributed by atoms with E-state index in [1.807, 2.05) is 5.32 Å². The van der Waals surface area contributed by atoms with Gasteiger partial charge in [0.1, 0.15) is 29.7 Å². The van der Waals surface area contributed by atoms with Gasteiger partial charge in [0, 0.05) is 5.56 Å². The fourth-order valence-corrected chi connectivity index (χ4v) is 3.78. The first-order valence-corrected chi connectivity index (χ1v) is 9.78. The Labute approximate surface area is 164 Å². The molecule has 11 heteroatoms. The molecule has 0 saturated heterocycles. The van der Waals surface area contributed by atoms with E-state index in [2.05, 4.69) is 9.71 Å². The molecule has 1 amide bonds. The van der Waals surface area contributed by atoms with Crippen LogP contribution in [-0.4, -0.2) is 38.8 Å². The van der Waals surface area contributed by atoms with Crippen LogP contribution in [0.2, 0.25) is 0 Å². The van der Waals surface area contributed by atoms with Crippen molar-refractivity contribution in [2.75, 3.05) is 11.9 Å². The number of hydrogen-bond donors (Lipinski definition) is 2. The van der Waals surface area contributed by atoms with Gasteiger partial charge in [-0.25, -0.2) is 17.2 Å². The lowest BCUT2D eigenvalue weighted by atomic mass is 10.2. The van der Waals surface area contributed by atoms with Crippen LogP contribution in [0.1, 0.15) is 12.5 Å². The van der Waals surface area contributed by atoms with E-state index < -0.39 is 51.9 Å². The van der Waals surface area contributed by atoms with Crippen molar-refractivity contribution < 1.29 is 31.5 Å². The number of nitrogens with zero attached hydrogens (tertiary/aromatic N) is 1. The van der Waals surface area contributed by atoms with Crippen LogP contribution in [0.4, 0.5) is 14.5 Å². The summed E-state index contributed by atoms with van der Waals surface area (Å²) in [4.78, 5) is 27.9. The van der Waals surface area contributed by atoms with Crippen molar-refractivity contribution in [2.45, 2.75) is 17.9 Å². The lowest BCUT2D eigenvalue weighted by Gasteiger charge is -2.13. The fraction of sp³-hybridized carbons (Fsp3) is 0.167. The van der Waals surface area contributed by atoms with Crippen LogP contribution < -0.4 is 10.0 Å². The second-order valence-corrected chi connectivity index (χ2v) is 7.64. The van der Waals surface area contributed by atoms with Crippen LogP contribution in [-0.2, 0) is 24.3 Å². The van der Waals surface area contributed by atoms with Gasteiger partial charge < -0.3 is 10.1 Å². The fourth-order valence-electron chi connectivity index (χ4n) is 2.52. The van der Waals surface area contributed by atoms with E-state index in [9.17, 15) is 26.8 Å². The van der Waals surface area contributed by atoms with E-state index in [0.717, 1.165) is 18.2 Å². The van der Waals surface area contributed by atoms with Crippen LogP contribution in [0.15, 0.2) is 52.4 Å². The van der Waals surface area contributed by atoms with E-state index in [0.29, 0.717) is 5.56 Å². The molecule has 1 atom stereocenters. The number of amides is 1. The third kappa shape index (κ3) is 4.40. The maximum Gasteiger partial charge on any atom is 0.328 e. The van der Waals surface area contributed by atoms with Gasteiger partial charge in [0.25, 0.3) is 15.9 Å². The molecule has 0 aliphatic carbocycles. The van der Waals surface area contributed by atoms with Crippen LogP contribution in [0.3, 0.4) is 0 Å². The molecular formula is C18H15F2N3O5S. The van der Waals surface area contributed by atoms with Gasteiger partial charge in [-0.2, -0.15) is 0 Å². The molecule has 2 N–H and O–H groups in total. The van der Waals surface area contributed by atoms with Crippen molar-refractivity contribution in [3.63, 3.8) is 0 Å². The van der Waals surface area contributed by atoms with Gasteiger partial charge in [-0.1, -0.05) is 18.2 Å². The number of anilines is 1. The summed E-state index contributed by atoms with van der Waals surface area (Å²) >= 11 is 0. The SMILES string of the molecule is CC(OC(=O)CN=C1NS(=O)(=O)c2ccccc21)C(=O)Nc1c(F)cccc1F. The summed E-state index contributed by atoms with van der Waals surface area (Å²) in [6.45, 7) is 0.643. The molecule has 8 nitrogen and oxygen atoms in total. The van der Waals surface area contributed by atoms with E-state index in [1.54, 1.807) is 12.1 Å². The van der Waals surface area contributed by atoms with E-state index in [4.69, 9.17) is 4.74 Å². The smallest absolute Gasteiger partial charge is 0.328 e. The minimum absolute atomic E-state index is 0.0249. The van der Waals surface area contributed by atoms with Gasteiger partial charge in [0.05, 0.1) is 4.90 Å². The number of carbonyl (C=O) groups is 2. The molecule has 2 aromatic carbocycles. The summed E-state index contributed by atoms with van der Waals surface area (Å²) in [6.07, 6.45) is -1.37. The summed E-state index contributed by atoms with van der Waals surface area (Å²) in [5, 5.41) is 2.01. The molecule has 1 aliphatic heterocycles. The van der Waals surface area contributed by atoms with Crippen molar-refractivity contribution in [3.8, 4) is 0 Å². The zero-order valence-corrected chi connectivity index (χ0v) is 15.8. The Morgan fingerprint density at radius 1 is 1.14 bits per heavy atom. The minimum atomic E-state index is -3.75. The second kappa shape index (κ2) is 7.95. The van der Waals surface area contributed by atoms with Crippen molar-refractivity contribution in [2.24, 2.45) is 4.99 Å². The first kappa shape index (κ1) is 20.4. The normalized spacial score (nSPS) is 16.6. The molecular weight excluding hydrogens is 408 g/mol. The van der Waals surface area contributed by atoms with Gasteiger partial charge in [-0.3, -0.25) is 19.3 Å². The van der Waals surface area contributed by atoms with Gasteiger partial charge in [-0.15, -0.1) is 0 Å². The maximum absolute atomic E-state index is 13.6. The van der Waals surface area contributed by atoms with Crippen molar-refractivity contribution in [1.29, 1.82) is 0 Å². The molecule has 152 valence electrons. The Morgan fingerprint density at radius 3 is 2.48 bits per heavy atom. The predicted octanol–water partition coefficient (Wildman–Crippen LogP) is 1.57. The van der Waals surface area contributed by atoms with Crippen LogP contribution in [0, 0.1) is 11.6 Å². The van der Waals surface area contributed by atoms with Crippen LogP contribution >= 0.6 is 0 Å². The van der Waals surface area contributed by atoms with Crippen LogP contribution in [0.5, 0.6) is 0 Å². The van der Waals surface area contributed by atoms with Gasteiger partial charge in [0.2, 0.25) is 0 Å². The molecule has 1 heterocycles. The maximum atomic E-state index is 13.6. The molecule has 0 saturated carbocycles. The molecule has 1 unspecified atom stereocenters. The summed E-state index contributed by atoms with van der Waals surface area (Å²) in [7, 11) is -3.75. The molecule has 0 fully saturated rings. The second-order valence-electron chi connectivity index (χ2n) is 5.98. The zero-order chi connectivity index (χ0) is 21.2. The van der Waals surface area contributed by atoms with Gasteiger partial charge >= 0.3 is 5.97 Å². The number of hydrogen-bond acceptors (Lipinski definition) is 6. The van der Waals surface area contributed by atoms with E-state index >= 15 is 0 Å². The number of ether oxygens (including phenoxy) is 1. The Morgan fingerprint density at radius 2 is 1.79 bits per heavy atom. The van der Waals surface area contributed by atoms with Crippen molar-refractivity contribution in [3.05, 3.63) is 59.7 Å². The third-order valence-corrected chi connectivity index (χ3v) is 5.31. The quantitative estimate of drug-likeness (QED) is 0.709. The summed E-state index contributed by atoms with van der Waals surface area (Å²) in [5.41, 5.74) is -0.348. The zero-order valence-electron chi connectivity index (χ0n) is 15.0. The van der Waals surface area contributed by atoms with Gasteiger partial charge in [0.15, 0.2) is 6.10 Å². The number of para-hydroxylation sites is 1. The van der Waals surface area contributed by atoms with Gasteiger partial charge in [-0.05, 0) is 31.2 Å². The Bertz CT molecular complexity index is 1100. The first-order valence-electron chi connectivity index (χ1n) is 8.30. The van der Waals surface area contributed by atoms with E-state index in [1.165, 1.54) is 19.1 Å². The molecule has 29 heavy (non-hydrogen) atoms. The third-order valence-electron chi connectivity index (χ3n) is 3.92. The number of carbonyl (C=O) groups excluding carboxylic acids is 2. The topological polar surface area (TPSA) is 114 Å². The summed E-state index contributed by atoms with van der Waals surface area (Å²) in [5.74, 6) is -3.85. The Balaban J connectivity index is 1.63. The number of fused-ring (bicyclic) bond motifs is 1. The molecule has 0 bridgehead atoms. The highest BCUT2D eigenvalue weighted by atomic mass is 32.2. The average molecular weight is 423 g/mol. The number of esters is 1. The lowest BCUT2D eigenvalue weighted by Crippen LogP contribution is -2.31. The highest BCUT2D eigenvalue weighted by molar-refractivity contribution is 7.90. The van der Waals surface area contributed by atoms with Crippen molar-refractivity contribution in [1.82, 2.24) is 4.72 Å². The lowest BCUT2D eigenvalue weighted by molar-refractivity contribution is -0.151. The molecule has 0 aromatic heterocycles. The Hall–Kier alpha value is -3.34. The summed E-state index contributed by atoms with van der Waals surface area (Å²) in [6, 6.07) is 9.15. The average Bonchev–Trinajstić information content (AvgIpc) is 2.94. The predicted molar refractivity (Wildman–Crippen MR) is 98.7 cm³/mol. The molecule has 0 radical (unpaired) electrons. The number of aliphatic imine (C=N–C) groups is 1. The number of amidine groups is 1.